The molecule has 0 atom stereocenters. The fourth-order valence-electron chi connectivity index (χ4n) is 2.74. The minimum atomic E-state index is -0.352. The van der Waals surface area contributed by atoms with E-state index in [2.05, 4.69) is 5.32 Å². The molecular formula is C18H20FN3O2S. The molecule has 1 fully saturated rings. The van der Waals surface area contributed by atoms with Crippen LogP contribution in [0.25, 0.3) is 0 Å². The van der Waals surface area contributed by atoms with Crippen LogP contribution < -0.4 is 5.32 Å². The Hall–Kier alpha value is -2.25. The van der Waals surface area contributed by atoms with Crippen LogP contribution in [0.15, 0.2) is 41.8 Å². The Bertz CT molecular complexity index is 710. The van der Waals surface area contributed by atoms with Crippen LogP contribution in [-0.4, -0.2) is 54.3 Å². The summed E-state index contributed by atoms with van der Waals surface area (Å²) in [5, 5.41) is 4.90. The zero-order valence-electron chi connectivity index (χ0n) is 13.8. The first-order valence-corrected chi connectivity index (χ1v) is 9.06. The summed E-state index contributed by atoms with van der Waals surface area (Å²) in [6.07, 6.45) is 0. The molecule has 0 unspecified atom stereocenters. The average molecular weight is 361 g/mol. The van der Waals surface area contributed by atoms with E-state index >= 15 is 0 Å². The first-order chi connectivity index (χ1) is 12.1. The predicted octanol–water partition coefficient (Wildman–Crippen LogP) is 1.96. The molecule has 1 aromatic carbocycles. The first kappa shape index (κ1) is 17.6. The second kappa shape index (κ2) is 8.22. The fourth-order valence-corrected chi connectivity index (χ4v) is 3.39. The van der Waals surface area contributed by atoms with E-state index in [4.69, 9.17) is 0 Å². The van der Waals surface area contributed by atoms with Gasteiger partial charge in [0.05, 0.1) is 13.1 Å². The van der Waals surface area contributed by atoms with Crippen LogP contribution in [0.1, 0.15) is 15.2 Å². The lowest BCUT2D eigenvalue weighted by atomic mass is 10.2. The number of hydrogen-bond donors (Lipinski definition) is 1. The standard InChI is InChI=1S/C18H20FN3O2S/c19-15-5-3-14(4-6-15)18(24)22-9-7-21(8-10-22)13-17(23)20-12-16-2-1-11-25-16/h1-6,11H,7-10,12-13H2,(H,20,23). The van der Waals surface area contributed by atoms with Crippen molar-refractivity contribution < 1.29 is 14.0 Å². The number of hydrogen-bond acceptors (Lipinski definition) is 4. The number of halogens is 1. The van der Waals surface area contributed by atoms with Crippen molar-refractivity contribution in [3.05, 3.63) is 58.0 Å². The van der Waals surface area contributed by atoms with Gasteiger partial charge in [-0.05, 0) is 35.7 Å². The number of nitrogens with zero attached hydrogens (tertiary/aromatic N) is 2. The van der Waals surface area contributed by atoms with Gasteiger partial charge >= 0.3 is 0 Å². The van der Waals surface area contributed by atoms with Crippen molar-refractivity contribution in [1.29, 1.82) is 0 Å². The lowest BCUT2D eigenvalue weighted by Crippen LogP contribution is -2.51. The van der Waals surface area contributed by atoms with Crippen molar-refractivity contribution in [2.75, 3.05) is 32.7 Å². The van der Waals surface area contributed by atoms with Crippen molar-refractivity contribution in [2.45, 2.75) is 6.54 Å². The summed E-state index contributed by atoms with van der Waals surface area (Å²) in [5.41, 5.74) is 0.489. The topological polar surface area (TPSA) is 52.7 Å². The highest BCUT2D eigenvalue weighted by Crippen LogP contribution is 2.10. The van der Waals surface area contributed by atoms with Crippen LogP contribution in [0.3, 0.4) is 0 Å². The Morgan fingerprint density at radius 2 is 1.80 bits per heavy atom. The quantitative estimate of drug-likeness (QED) is 0.886. The molecule has 0 aliphatic carbocycles. The van der Waals surface area contributed by atoms with Crippen molar-refractivity contribution in [2.24, 2.45) is 0 Å². The highest BCUT2D eigenvalue weighted by Gasteiger charge is 2.23. The molecular weight excluding hydrogens is 341 g/mol. The molecule has 0 radical (unpaired) electrons. The molecule has 1 aromatic heterocycles. The van der Waals surface area contributed by atoms with Gasteiger partial charge in [-0.1, -0.05) is 6.07 Å². The van der Waals surface area contributed by atoms with E-state index < -0.39 is 0 Å². The lowest BCUT2D eigenvalue weighted by Gasteiger charge is -2.34. The summed E-state index contributed by atoms with van der Waals surface area (Å²) in [4.78, 5) is 29.3. The van der Waals surface area contributed by atoms with Crippen molar-refractivity contribution >= 4 is 23.2 Å². The molecule has 7 heteroatoms. The number of thiophene rings is 1. The molecule has 2 aromatic rings. The molecule has 5 nitrogen and oxygen atoms in total. The summed E-state index contributed by atoms with van der Waals surface area (Å²) < 4.78 is 12.9. The molecule has 1 aliphatic rings. The van der Waals surface area contributed by atoms with Gasteiger partial charge in [0.2, 0.25) is 5.91 Å². The Labute approximate surface area is 150 Å². The Balaban J connectivity index is 1.42. The largest absolute Gasteiger partial charge is 0.350 e. The minimum absolute atomic E-state index is 0.00767. The van der Waals surface area contributed by atoms with Gasteiger partial charge in [0.25, 0.3) is 5.91 Å². The van der Waals surface area contributed by atoms with E-state index in [1.807, 2.05) is 22.4 Å². The number of carbonyl (C=O) groups excluding carboxylic acids is 2. The number of nitrogens with one attached hydrogen (secondary N) is 1. The number of rotatable bonds is 5. The van der Waals surface area contributed by atoms with Crippen molar-refractivity contribution in [3.8, 4) is 0 Å². The third kappa shape index (κ3) is 4.87. The zero-order chi connectivity index (χ0) is 17.6. The number of piperazine rings is 1. The van der Waals surface area contributed by atoms with Crippen molar-refractivity contribution in [3.63, 3.8) is 0 Å². The van der Waals surface area contributed by atoms with Crippen molar-refractivity contribution in [1.82, 2.24) is 15.1 Å². The molecule has 132 valence electrons. The molecule has 2 heterocycles. The van der Waals surface area contributed by atoms with E-state index in [1.165, 1.54) is 24.3 Å². The first-order valence-electron chi connectivity index (χ1n) is 8.18. The van der Waals surface area contributed by atoms with Gasteiger partial charge in [0.15, 0.2) is 0 Å². The maximum Gasteiger partial charge on any atom is 0.253 e. The molecule has 0 spiro atoms. The van der Waals surface area contributed by atoms with Crippen LogP contribution in [-0.2, 0) is 11.3 Å². The monoisotopic (exact) mass is 361 g/mol. The van der Waals surface area contributed by atoms with E-state index in [0.29, 0.717) is 44.8 Å². The molecule has 25 heavy (non-hydrogen) atoms. The number of amides is 2. The third-order valence-corrected chi connectivity index (χ3v) is 5.03. The third-order valence-electron chi connectivity index (χ3n) is 4.16. The van der Waals surface area contributed by atoms with Gasteiger partial charge in [0, 0.05) is 36.6 Å². The number of carbonyl (C=O) groups is 2. The molecule has 1 aliphatic heterocycles. The molecule has 0 bridgehead atoms. The zero-order valence-corrected chi connectivity index (χ0v) is 14.6. The SMILES string of the molecule is O=C(CN1CCN(C(=O)c2ccc(F)cc2)CC1)NCc1cccs1. The van der Waals surface area contributed by atoms with Gasteiger partial charge in [-0.2, -0.15) is 0 Å². The second-order valence-electron chi connectivity index (χ2n) is 5.93. The van der Waals surface area contributed by atoms with E-state index in [9.17, 15) is 14.0 Å². The summed E-state index contributed by atoms with van der Waals surface area (Å²) in [7, 11) is 0. The normalized spacial score (nSPS) is 15.2. The summed E-state index contributed by atoms with van der Waals surface area (Å²) >= 11 is 1.62. The maximum atomic E-state index is 12.9. The van der Waals surface area contributed by atoms with Crippen LogP contribution in [0.4, 0.5) is 4.39 Å². The lowest BCUT2D eigenvalue weighted by molar-refractivity contribution is -0.122. The highest BCUT2D eigenvalue weighted by atomic mass is 32.1. The Morgan fingerprint density at radius 3 is 2.44 bits per heavy atom. The van der Waals surface area contributed by atoms with E-state index in [0.717, 1.165) is 4.88 Å². The van der Waals surface area contributed by atoms with Crippen LogP contribution in [0.2, 0.25) is 0 Å². The molecule has 3 rings (SSSR count). The Kier molecular flexibility index (Phi) is 5.78. The average Bonchev–Trinajstić information content (AvgIpc) is 3.14. The highest BCUT2D eigenvalue weighted by molar-refractivity contribution is 7.09. The Morgan fingerprint density at radius 1 is 1.08 bits per heavy atom. The number of benzene rings is 1. The van der Waals surface area contributed by atoms with Crippen LogP contribution in [0, 0.1) is 5.82 Å². The van der Waals surface area contributed by atoms with Gasteiger partial charge in [0.1, 0.15) is 5.82 Å². The predicted molar refractivity (Wildman–Crippen MR) is 94.9 cm³/mol. The van der Waals surface area contributed by atoms with Gasteiger partial charge in [-0.15, -0.1) is 11.3 Å². The van der Waals surface area contributed by atoms with Gasteiger partial charge < -0.3 is 10.2 Å². The van der Waals surface area contributed by atoms with Crippen LogP contribution in [0.5, 0.6) is 0 Å². The maximum absolute atomic E-state index is 12.9. The van der Waals surface area contributed by atoms with Gasteiger partial charge in [-0.25, -0.2) is 4.39 Å². The molecule has 1 N–H and O–H groups in total. The second-order valence-corrected chi connectivity index (χ2v) is 6.96. The molecule has 1 saturated heterocycles. The fraction of sp³-hybridized carbons (Fsp3) is 0.333. The molecule has 2 amide bonds. The smallest absolute Gasteiger partial charge is 0.253 e. The summed E-state index contributed by atoms with van der Waals surface area (Å²) in [6.45, 7) is 3.32. The molecule has 0 saturated carbocycles. The van der Waals surface area contributed by atoms with E-state index in [1.54, 1.807) is 16.2 Å². The minimum Gasteiger partial charge on any atom is -0.350 e. The van der Waals surface area contributed by atoms with E-state index in [-0.39, 0.29) is 17.6 Å². The summed E-state index contributed by atoms with van der Waals surface area (Å²) in [6, 6.07) is 9.54. The van der Waals surface area contributed by atoms with Crippen LogP contribution >= 0.6 is 11.3 Å². The van der Waals surface area contributed by atoms with Gasteiger partial charge in [-0.3, -0.25) is 14.5 Å². The summed E-state index contributed by atoms with van der Waals surface area (Å²) in [5.74, 6) is -0.455.